The molecule has 21 heavy (non-hydrogen) atoms. The van der Waals surface area contributed by atoms with Crippen LogP contribution in [0, 0.1) is 6.92 Å². The molecule has 1 amide bonds. The van der Waals surface area contributed by atoms with Gasteiger partial charge in [-0.05, 0) is 44.0 Å². The van der Waals surface area contributed by atoms with Gasteiger partial charge in [-0.25, -0.2) is 0 Å². The second-order valence-electron chi connectivity index (χ2n) is 5.34. The molecule has 1 aliphatic rings. The number of anilines is 1. The van der Waals surface area contributed by atoms with E-state index in [1.54, 1.807) is 11.2 Å². The largest absolute Gasteiger partial charge is 0.467 e. The average Bonchev–Trinajstić information content (AvgIpc) is 3.18. The van der Waals surface area contributed by atoms with Gasteiger partial charge in [-0.2, -0.15) is 0 Å². The second-order valence-corrected chi connectivity index (χ2v) is 5.34. The van der Waals surface area contributed by atoms with Crippen LogP contribution in [0.3, 0.4) is 0 Å². The monoisotopic (exact) mass is 285 g/mol. The molecule has 2 aromatic rings. The number of hydrogen-bond donors (Lipinski definition) is 0. The molecule has 2 heterocycles. The van der Waals surface area contributed by atoms with E-state index in [9.17, 15) is 4.79 Å². The van der Waals surface area contributed by atoms with Gasteiger partial charge in [0.1, 0.15) is 11.9 Å². The van der Waals surface area contributed by atoms with E-state index < -0.39 is 0 Å². The molecule has 4 nitrogen and oxygen atoms in total. The number of carbonyl (C=O) groups excluding carboxylic acids is 1. The van der Waals surface area contributed by atoms with Crippen LogP contribution in [-0.2, 0) is 16.1 Å². The highest BCUT2D eigenvalue weighted by molar-refractivity contribution is 5.96. The van der Waals surface area contributed by atoms with Crippen molar-refractivity contribution in [3.05, 3.63) is 54.0 Å². The van der Waals surface area contributed by atoms with Gasteiger partial charge in [0.2, 0.25) is 0 Å². The molecule has 4 heteroatoms. The number of amides is 1. The van der Waals surface area contributed by atoms with E-state index in [2.05, 4.69) is 0 Å². The Kier molecular flexibility index (Phi) is 4.06. The molecule has 1 fully saturated rings. The summed E-state index contributed by atoms with van der Waals surface area (Å²) >= 11 is 0. The quantitative estimate of drug-likeness (QED) is 0.865. The zero-order valence-corrected chi connectivity index (χ0v) is 12.1. The van der Waals surface area contributed by atoms with Crippen LogP contribution in [0.25, 0.3) is 0 Å². The molecule has 0 aliphatic carbocycles. The zero-order chi connectivity index (χ0) is 14.7. The second kappa shape index (κ2) is 6.14. The first-order valence-electron chi connectivity index (χ1n) is 7.26. The lowest BCUT2D eigenvalue weighted by molar-refractivity contribution is -0.127. The third-order valence-corrected chi connectivity index (χ3v) is 3.71. The number of nitrogens with zero attached hydrogens (tertiary/aromatic N) is 1. The van der Waals surface area contributed by atoms with Gasteiger partial charge in [0.15, 0.2) is 0 Å². The summed E-state index contributed by atoms with van der Waals surface area (Å²) in [4.78, 5) is 14.5. The van der Waals surface area contributed by atoms with E-state index in [-0.39, 0.29) is 12.0 Å². The molecule has 0 spiro atoms. The summed E-state index contributed by atoms with van der Waals surface area (Å²) in [5.74, 6) is 0.773. The summed E-state index contributed by atoms with van der Waals surface area (Å²) in [5.41, 5.74) is 2.04. The van der Waals surface area contributed by atoms with Crippen molar-refractivity contribution in [2.45, 2.75) is 32.4 Å². The van der Waals surface area contributed by atoms with Crippen molar-refractivity contribution in [2.24, 2.45) is 0 Å². The Bertz CT molecular complexity index is 583. The van der Waals surface area contributed by atoms with Crippen molar-refractivity contribution >= 4 is 11.6 Å². The molecule has 1 aromatic heterocycles. The standard InChI is InChI=1S/C17H19NO3/c1-13-6-8-14(9-7-13)18(12-15-4-2-10-20-15)17(19)16-5-3-11-21-16/h2,4,6-10,16H,3,5,11-12H2,1H3. The number of furan rings is 1. The Morgan fingerprint density at radius 3 is 2.71 bits per heavy atom. The fourth-order valence-corrected chi connectivity index (χ4v) is 2.53. The fraction of sp³-hybridized carbons (Fsp3) is 0.353. The summed E-state index contributed by atoms with van der Waals surface area (Å²) < 4.78 is 10.9. The Morgan fingerprint density at radius 1 is 1.29 bits per heavy atom. The van der Waals surface area contributed by atoms with Crippen molar-refractivity contribution in [3.8, 4) is 0 Å². The first-order chi connectivity index (χ1) is 10.2. The summed E-state index contributed by atoms with van der Waals surface area (Å²) in [5, 5.41) is 0. The maximum absolute atomic E-state index is 12.7. The summed E-state index contributed by atoms with van der Waals surface area (Å²) in [7, 11) is 0. The third kappa shape index (κ3) is 3.16. The molecule has 0 bridgehead atoms. The first kappa shape index (κ1) is 13.9. The smallest absolute Gasteiger partial charge is 0.256 e. The van der Waals surface area contributed by atoms with Crippen molar-refractivity contribution in [2.75, 3.05) is 11.5 Å². The minimum absolute atomic E-state index is 0.00718. The van der Waals surface area contributed by atoms with E-state index in [4.69, 9.17) is 9.15 Å². The van der Waals surface area contributed by atoms with Crippen LogP contribution in [-0.4, -0.2) is 18.6 Å². The zero-order valence-electron chi connectivity index (χ0n) is 12.1. The van der Waals surface area contributed by atoms with Gasteiger partial charge in [0.25, 0.3) is 5.91 Å². The number of rotatable bonds is 4. The van der Waals surface area contributed by atoms with Gasteiger partial charge in [-0.1, -0.05) is 17.7 Å². The van der Waals surface area contributed by atoms with Crippen LogP contribution in [0.15, 0.2) is 47.1 Å². The van der Waals surface area contributed by atoms with E-state index in [0.717, 1.165) is 24.3 Å². The average molecular weight is 285 g/mol. The molecule has 1 saturated heterocycles. The maximum Gasteiger partial charge on any atom is 0.256 e. The van der Waals surface area contributed by atoms with Crippen molar-refractivity contribution in [1.29, 1.82) is 0 Å². The Labute approximate surface area is 124 Å². The van der Waals surface area contributed by atoms with Crippen LogP contribution in [0.4, 0.5) is 5.69 Å². The lowest BCUT2D eigenvalue weighted by Crippen LogP contribution is -2.38. The Balaban J connectivity index is 1.86. The number of aryl methyl sites for hydroxylation is 1. The molecule has 1 aliphatic heterocycles. The van der Waals surface area contributed by atoms with Crippen LogP contribution in [0.5, 0.6) is 0 Å². The lowest BCUT2D eigenvalue weighted by atomic mass is 10.1. The first-order valence-corrected chi connectivity index (χ1v) is 7.26. The van der Waals surface area contributed by atoms with Gasteiger partial charge in [0, 0.05) is 12.3 Å². The highest BCUT2D eigenvalue weighted by Gasteiger charge is 2.29. The number of ether oxygens (including phenoxy) is 1. The van der Waals surface area contributed by atoms with Crippen LogP contribution in [0.2, 0.25) is 0 Å². The van der Waals surface area contributed by atoms with E-state index in [1.165, 1.54) is 5.56 Å². The molecule has 1 atom stereocenters. The molecule has 1 unspecified atom stereocenters. The van der Waals surface area contributed by atoms with Crippen molar-refractivity contribution in [3.63, 3.8) is 0 Å². The molecular formula is C17H19NO3. The van der Waals surface area contributed by atoms with E-state index >= 15 is 0 Å². The minimum Gasteiger partial charge on any atom is -0.467 e. The van der Waals surface area contributed by atoms with Gasteiger partial charge in [-0.3, -0.25) is 4.79 Å². The minimum atomic E-state index is -0.332. The van der Waals surface area contributed by atoms with Gasteiger partial charge in [-0.15, -0.1) is 0 Å². The SMILES string of the molecule is Cc1ccc(N(Cc2ccco2)C(=O)C2CCCO2)cc1. The van der Waals surface area contributed by atoms with Crippen LogP contribution >= 0.6 is 0 Å². The van der Waals surface area contributed by atoms with Crippen molar-refractivity contribution < 1.29 is 13.9 Å². The van der Waals surface area contributed by atoms with Gasteiger partial charge in [0.05, 0.1) is 12.8 Å². The molecule has 1 aromatic carbocycles. The molecule has 110 valence electrons. The van der Waals surface area contributed by atoms with E-state index in [1.807, 2.05) is 43.3 Å². The van der Waals surface area contributed by atoms with Crippen LogP contribution < -0.4 is 4.90 Å². The predicted octanol–water partition coefficient (Wildman–Crippen LogP) is 3.30. The number of benzene rings is 1. The Hall–Kier alpha value is -2.07. The molecule has 3 rings (SSSR count). The summed E-state index contributed by atoms with van der Waals surface area (Å²) in [6, 6.07) is 11.7. The molecular weight excluding hydrogens is 266 g/mol. The number of carbonyl (C=O) groups is 1. The number of hydrogen-bond acceptors (Lipinski definition) is 3. The molecule has 0 radical (unpaired) electrons. The van der Waals surface area contributed by atoms with Gasteiger partial charge < -0.3 is 14.1 Å². The fourth-order valence-electron chi connectivity index (χ4n) is 2.53. The normalized spacial score (nSPS) is 17.9. The van der Waals surface area contributed by atoms with Crippen molar-refractivity contribution in [1.82, 2.24) is 0 Å². The van der Waals surface area contributed by atoms with Gasteiger partial charge >= 0.3 is 0 Å². The molecule has 0 saturated carbocycles. The Morgan fingerprint density at radius 2 is 2.10 bits per heavy atom. The topological polar surface area (TPSA) is 42.7 Å². The lowest BCUT2D eigenvalue weighted by Gasteiger charge is -2.24. The highest BCUT2D eigenvalue weighted by atomic mass is 16.5. The summed E-state index contributed by atoms with van der Waals surface area (Å²) in [6.07, 6.45) is 3.03. The highest BCUT2D eigenvalue weighted by Crippen LogP contribution is 2.23. The third-order valence-electron chi connectivity index (χ3n) is 3.71. The summed E-state index contributed by atoms with van der Waals surface area (Å²) in [6.45, 7) is 3.12. The molecule has 0 N–H and O–H groups in total. The predicted molar refractivity (Wildman–Crippen MR) is 80.1 cm³/mol. The van der Waals surface area contributed by atoms with Crippen LogP contribution in [0.1, 0.15) is 24.2 Å². The van der Waals surface area contributed by atoms with E-state index in [0.29, 0.717) is 13.2 Å². The maximum atomic E-state index is 12.7.